The molecule has 0 saturated carbocycles. The lowest BCUT2D eigenvalue weighted by atomic mass is 9.90. The normalized spacial score (nSPS) is 12.8. The molecule has 0 aliphatic heterocycles. The first-order valence-electron chi connectivity index (χ1n) is 6.31. The van der Waals surface area contributed by atoms with Gasteiger partial charge in [-0.25, -0.2) is 0 Å². The van der Waals surface area contributed by atoms with Crippen molar-refractivity contribution >= 4 is 0 Å². The molecule has 0 heterocycles. The van der Waals surface area contributed by atoms with E-state index in [9.17, 15) is 0 Å². The average molecular weight is 216 g/mol. The van der Waals surface area contributed by atoms with E-state index in [0.717, 1.165) is 12.3 Å². The molecule has 1 aromatic rings. The highest BCUT2D eigenvalue weighted by Crippen LogP contribution is 2.21. The molecule has 0 amide bonds. The fourth-order valence-electron chi connectivity index (χ4n) is 1.96. The molecular formula is C16H24. The summed E-state index contributed by atoms with van der Waals surface area (Å²) in [6.07, 6.45) is 3.55. The lowest BCUT2D eigenvalue weighted by molar-refractivity contribution is 0.539. The van der Waals surface area contributed by atoms with Gasteiger partial charge in [-0.1, -0.05) is 63.3 Å². The average Bonchev–Trinajstić information content (AvgIpc) is 2.26. The summed E-state index contributed by atoms with van der Waals surface area (Å²) in [5, 5.41) is 0. The van der Waals surface area contributed by atoms with Gasteiger partial charge in [0.1, 0.15) is 0 Å². The van der Waals surface area contributed by atoms with Crippen LogP contribution in [0.25, 0.3) is 0 Å². The largest absolute Gasteiger partial charge is 0.0996 e. The molecule has 1 unspecified atom stereocenters. The second-order valence-corrected chi connectivity index (χ2v) is 5.18. The Hall–Kier alpha value is -1.04. The van der Waals surface area contributed by atoms with Gasteiger partial charge in [0.25, 0.3) is 0 Å². The van der Waals surface area contributed by atoms with Crippen LogP contribution in [0.3, 0.4) is 0 Å². The van der Waals surface area contributed by atoms with Gasteiger partial charge in [-0.3, -0.25) is 0 Å². The van der Waals surface area contributed by atoms with Crippen LogP contribution in [0.2, 0.25) is 0 Å². The molecule has 0 aliphatic carbocycles. The van der Waals surface area contributed by atoms with Gasteiger partial charge in [0.15, 0.2) is 0 Å². The number of hydrogen-bond donors (Lipinski definition) is 0. The Labute approximate surface area is 100 Å². The first-order chi connectivity index (χ1) is 7.59. The van der Waals surface area contributed by atoms with Crippen LogP contribution >= 0.6 is 0 Å². The molecule has 0 heteroatoms. The van der Waals surface area contributed by atoms with Crippen molar-refractivity contribution in [1.82, 2.24) is 0 Å². The monoisotopic (exact) mass is 216 g/mol. The Bertz CT molecular complexity index is 308. The predicted molar refractivity (Wildman–Crippen MR) is 72.5 cm³/mol. The zero-order valence-corrected chi connectivity index (χ0v) is 10.9. The molecule has 0 fully saturated rings. The van der Waals surface area contributed by atoms with Crippen LogP contribution < -0.4 is 0 Å². The molecule has 1 aromatic carbocycles. The van der Waals surface area contributed by atoms with E-state index >= 15 is 0 Å². The van der Waals surface area contributed by atoms with Gasteiger partial charge in [-0.15, -0.1) is 0 Å². The van der Waals surface area contributed by atoms with Crippen molar-refractivity contribution in [3.8, 4) is 0 Å². The Morgan fingerprint density at radius 3 is 2.31 bits per heavy atom. The van der Waals surface area contributed by atoms with Crippen molar-refractivity contribution in [3.05, 3.63) is 48.0 Å². The number of rotatable bonds is 6. The summed E-state index contributed by atoms with van der Waals surface area (Å²) in [6.45, 7) is 11.0. The predicted octanol–water partition coefficient (Wildman–Crippen LogP) is 4.86. The van der Waals surface area contributed by atoms with Crippen molar-refractivity contribution in [3.63, 3.8) is 0 Å². The van der Waals surface area contributed by atoms with Gasteiger partial charge in [0.05, 0.1) is 0 Å². The quantitative estimate of drug-likeness (QED) is 0.596. The molecular weight excluding hydrogens is 192 g/mol. The van der Waals surface area contributed by atoms with Crippen LogP contribution in [0.5, 0.6) is 0 Å². The van der Waals surface area contributed by atoms with Gasteiger partial charge in [0, 0.05) is 0 Å². The van der Waals surface area contributed by atoms with Crippen LogP contribution in [-0.4, -0.2) is 0 Å². The van der Waals surface area contributed by atoms with Gasteiger partial charge in [0.2, 0.25) is 0 Å². The van der Waals surface area contributed by atoms with Gasteiger partial charge in [-0.05, 0) is 36.7 Å². The van der Waals surface area contributed by atoms with Crippen molar-refractivity contribution in [2.24, 2.45) is 11.8 Å². The third-order valence-electron chi connectivity index (χ3n) is 3.08. The summed E-state index contributed by atoms with van der Waals surface area (Å²) >= 11 is 0. The molecule has 16 heavy (non-hydrogen) atoms. The molecule has 1 rings (SSSR count). The molecule has 1 atom stereocenters. The third-order valence-corrected chi connectivity index (χ3v) is 3.08. The van der Waals surface area contributed by atoms with E-state index in [1.54, 1.807) is 0 Å². The zero-order valence-electron chi connectivity index (χ0n) is 10.9. The maximum Gasteiger partial charge on any atom is -0.0231 e. The summed E-state index contributed by atoms with van der Waals surface area (Å²) in [6, 6.07) is 10.7. The number of allylic oxidation sites excluding steroid dienone is 1. The summed E-state index contributed by atoms with van der Waals surface area (Å²) < 4.78 is 0. The minimum Gasteiger partial charge on any atom is -0.0996 e. The lowest BCUT2D eigenvalue weighted by Gasteiger charge is -2.16. The Morgan fingerprint density at radius 1 is 1.12 bits per heavy atom. The fourth-order valence-corrected chi connectivity index (χ4v) is 1.96. The molecule has 0 radical (unpaired) electrons. The third kappa shape index (κ3) is 4.65. The molecule has 0 bridgehead atoms. The molecule has 0 spiro atoms. The first-order valence-corrected chi connectivity index (χ1v) is 6.31. The standard InChI is InChI=1S/C16H24/c1-13(2)12-15(4)14(3)10-11-16-8-6-5-7-9-16/h5-9,13-14H,4,10-12H2,1-3H3. The maximum absolute atomic E-state index is 4.21. The number of aryl methyl sites for hydroxylation is 1. The second-order valence-electron chi connectivity index (χ2n) is 5.18. The summed E-state index contributed by atoms with van der Waals surface area (Å²) in [5.41, 5.74) is 2.85. The minimum absolute atomic E-state index is 0.641. The van der Waals surface area contributed by atoms with Crippen LogP contribution in [0.15, 0.2) is 42.5 Å². The van der Waals surface area contributed by atoms with Gasteiger partial charge in [-0.2, -0.15) is 0 Å². The van der Waals surface area contributed by atoms with Crippen LogP contribution in [0.4, 0.5) is 0 Å². The highest BCUT2D eigenvalue weighted by molar-refractivity contribution is 5.15. The van der Waals surface area contributed by atoms with Gasteiger partial charge < -0.3 is 0 Å². The molecule has 88 valence electrons. The van der Waals surface area contributed by atoms with Crippen LogP contribution in [0, 0.1) is 11.8 Å². The van der Waals surface area contributed by atoms with E-state index in [1.807, 2.05) is 0 Å². The summed E-state index contributed by atoms with van der Waals surface area (Å²) in [5.74, 6) is 1.37. The van der Waals surface area contributed by atoms with E-state index in [4.69, 9.17) is 0 Å². The SMILES string of the molecule is C=C(CC(C)C)C(C)CCc1ccccc1. The molecule has 0 N–H and O–H groups in total. The minimum atomic E-state index is 0.641. The Morgan fingerprint density at radius 2 is 1.75 bits per heavy atom. The van der Waals surface area contributed by atoms with E-state index in [2.05, 4.69) is 57.7 Å². The lowest BCUT2D eigenvalue weighted by Crippen LogP contribution is -2.03. The second kappa shape index (κ2) is 6.52. The molecule has 0 saturated heterocycles. The molecule has 0 aromatic heterocycles. The van der Waals surface area contributed by atoms with Gasteiger partial charge >= 0.3 is 0 Å². The van der Waals surface area contributed by atoms with Crippen molar-refractivity contribution in [2.45, 2.75) is 40.0 Å². The maximum atomic E-state index is 4.21. The van der Waals surface area contributed by atoms with Crippen molar-refractivity contribution < 1.29 is 0 Å². The summed E-state index contributed by atoms with van der Waals surface area (Å²) in [7, 11) is 0. The van der Waals surface area contributed by atoms with E-state index in [1.165, 1.54) is 24.0 Å². The zero-order chi connectivity index (χ0) is 12.0. The molecule has 0 nitrogen and oxygen atoms in total. The molecule has 0 aliphatic rings. The first kappa shape index (κ1) is 13.0. The van der Waals surface area contributed by atoms with Crippen LogP contribution in [0.1, 0.15) is 39.2 Å². The number of hydrogen-bond acceptors (Lipinski definition) is 0. The highest BCUT2D eigenvalue weighted by atomic mass is 14.1. The van der Waals surface area contributed by atoms with Crippen LogP contribution in [-0.2, 0) is 6.42 Å². The Kier molecular flexibility index (Phi) is 5.31. The van der Waals surface area contributed by atoms with E-state index in [0.29, 0.717) is 5.92 Å². The van der Waals surface area contributed by atoms with E-state index < -0.39 is 0 Å². The van der Waals surface area contributed by atoms with Crippen molar-refractivity contribution in [1.29, 1.82) is 0 Å². The highest BCUT2D eigenvalue weighted by Gasteiger charge is 2.08. The van der Waals surface area contributed by atoms with E-state index in [-0.39, 0.29) is 0 Å². The van der Waals surface area contributed by atoms with Crippen molar-refractivity contribution in [2.75, 3.05) is 0 Å². The summed E-state index contributed by atoms with van der Waals surface area (Å²) in [4.78, 5) is 0. The smallest absolute Gasteiger partial charge is 0.0231 e. The number of benzene rings is 1. The fraction of sp³-hybridized carbons (Fsp3) is 0.500. The Balaban J connectivity index is 2.35. The topological polar surface area (TPSA) is 0 Å².